The van der Waals surface area contributed by atoms with E-state index in [9.17, 15) is 14.4 Å². The molecule has 2 fully saturated rings. The van der Waals surface area contributed by atoms with Gasteiger partial charge in [-0.15, -0.1) is 0 Å². The van der Waals surface area contributed by atoms with E-state index in [0.717, 1.165) is 5.69 Å². The van der Waals surface area contributed by atoms with Crippen molar-refractivity contribution in [1.82, 2.24) is 15.1 Å². The molecule has 168 valence electrons. The number of carbonyl (C=O) groups is 3. The summed E-state index contributed by atoms with van der Waals surface area (Å²) in [4.78, 5) is 44.5. The summed E-state index contributed by atoms with van der Waals surface area (Å²) in [6, 6.07) is 19.1. The van der Waals surface area contributed by atoms with Gasteiger partial charge < -0.3 is 20.0 Å². The second-order valence-electron chi connectivity index (χ2n) is 8.82. The molecule has 0 atom stereocenters. The summed E-state index contributed by atoms with van der Waals surface area (Å²) in [6.07, 6.45) is 1.06. The normalized spacial score (nSPS) is 17.8. The minimum atomic E-state index is -0.743. The van der Waals surface area contributed by atoms with E-state index in [4.69, 9.17) is 0 Å². The Kier molecular flexibility index (Phi) is 6.17. The van der Waals surface area contributed by atoms with Gasteiger partial charge in [-0.3, -0.25) is 14.4 Å². The highest BCUT2D eigenvalue weighted by atomic mass is 16.2. The van der Waals surface area contributed by atoms with Gasteiger partial charge in [0.2, 0.25) is 5.91 Å². The average molecular weight is 435 g/mol. The van der Waals surface area contributed by atoms with Gasteiger partial charge in [-0.05, 0) is 51.0 Å². The highest BCUT2D eigenvalue weighted by molar-refractivity contribution is 5.97. The minimum absolute atomic E-state index is 0.00896. The Balaban J connectivity index is 1.55. The van der Waals surface area contributed by atoms with E-state index < -0.39 is 5.54 Å². The van der Waals surface area contributed by atoms with Crippen molar-refractivity contribution in [3.05, 3.63) is 66.2 Å². The van der Waals surface area contributed by atoms with E-state index in [2.05, 4.69) is 10.2 Å². The fraction of sp³-hybridized carbons (Fsp3) is 0.400. The summed E-state index contributed by atoms with van der Waals surface area (Å²) < 4.78 is 0. The van der Waals surface area contributed by atoms with Gasteiger partial charge in [-0.2, -0.15) is 0 Å². The molecule has 0 aromatic heterocycles. The summed E-state index contributed by atoms with van der Waals surface area (Å²) in [7, 11) is 0. The molecule has 2 saturated heterocycles. The third-order valence-electron chi connectivity index (χ3n) is 6.26. The molecule has 2 aliphatic rings. The van der Waals surface area contributed by atoms with Gasteiger partial charge in [-0.25, -0.2) is 0 Å². The number of anilines is 1. The molecule has 2 aromatic rings. The van der Waals surface area contributed by atoms with Crippen LogP contribution in [-0.4, -0.2) is 65.4 Å². The SMILES string of the molecule is CC(C)NC(=O)CN1CN(c2ccccc2)C2(CCN(C(=O)c3ccccc3)CC2)C1=O. The van der Waals surface area contributed by atoms with Gasteiger partial charge in [0, 0.05) is 30.4 Å². The Morgan fingerprint density at radius 3 is 2.16 bits per heavy atom. The number of nitrogens with zero attached hydrogens (tertiary/aromatic N) is 3. The zero-order valence-electron chi connectivity index (χ0n) is 18.7. The number of para-hydroxylation sites is 1. The number of hydrogen-bond acceptors (Lipinski definition) is 4. The quantitative estimate of drug-likeness (QED) is 0.785. The van der Waals surface area contributed by atoms with Gasteiger partial charge in [0.05, 0.1) is 6.67 Å². The highest BCUT2D eigenvalue weighted by Crippen LogP contribution is 2.39. The average Bonchev–Trinajstić information content (AvgIpc) is 3.06. The van der Waals surface area contributed by atoms with Gasteiger partial charge in [0.25, 0.3) is 11.8 Å². The maximum Gasteiger partial charge on any atom is 0.253 e. The van der Waals surface area contributed by atoms with Gasteiger partial charge in [0.1, 0.15) is 12.1 Å². The van der Waals surface area contributed by atoms with E-state index in [1.807, 2.05) is 79.4 Å². The first-order valence-corrected chi connectivity index (χ1v) is 11.2. The van der Waals surface area contributed by atoms with Crippen molar-refractivity contribution in [2.45, 2.75) is 38.3 Å². The van der Waals surface area contributed by atoms with Gasteiger partial charge >= 0.3 is 0 Å². The van der Waals surface area contributed by atoms with Crippen molar-refractivity contribution in [2.24, 2.45) is 0 Å². The molecule has 0 saturated carbocycles. The molecule has 7 heteroatoms. The van der Waals surface area contributed by atoms with Crippen molar-refractivity contribution in [1.29, 1.82) is 0 Å². The third-order valence-corrected chi connectivity index (χ3v) is 6.26. The van der Waals surface area contributed by atoms with E-state index in [1.165, 1.54) is 0 Å². The van der Waals surface area contributed by atoms with Crippen LogP contribution in [0.3, 0.4) is 0 Å². The Bertz CT molecular complexity index is 969. The lowest BCUT2D eigenvalue weighted by molar-refractivity contribution is -0.137. The molecule has 3 amide bonds. The molecule has 0 aliphatic carbocycles. The monoisotopic (exact) mass is 434 g/mol. The molecule has 2 aromatic carbocycles. The molecule has 0 radical (unpaired) electrons. The van der Waals surface area contributed by atoms with Crippen LogP contribution in [-0.2, 0) is 9.59 Å². The Morgan fingerprint density at radius 1 is 0.969 bits per heavy atom. The smallest absolute Gasteiger partial charge is 0.253 e. The third kappa shape index (κ3) is 4.20. The second-order valence-corrected chi connectivity index (χ2v) is 8.82. The second kappa shape index (κ2) is 9.02. The number of benzene rings is 2. The number of piperidine rings is 1. The van der Waals surface area contributed by atoms with Gasteiger partial charge in [-0.1, -0.05) is 36.4 Å². The van der Waals surface area contributed by atoms with E-state index >= 15 is 0 Å². The first-order chi connectivity index (χ1) is 15.4. The lowest BCUT2D eigenvalue weighted by Crippen LogP contribution is -2.57. The molecular weight excluding hydrogens is 404 g/mol. The molecule has 0 bridgehead atoms. The zero-order valence-corrected chi connectivity index (χ0v) is 18.7. The molecule has 1 N–H and O–H groups in total. The maximum atomic E-state index is 13.6. The first-order valence-electron chi connectivity index (χ1n) is 11.2. The summed E-state index contributed by atoms with van der Waals surface area (Å²) in [5, 5.41) is 2.87. The molecular formula is C25H30N4O3. The summed E-state index contributed by atoms with van der Waals surface area (Å²) in [6.45, 7) is 5.20. The molecule has 0 unspecified atom stereocenters. The number of rotatable bonds is 5. The maximum absolute atomic E-state index is 13.6. The predicted molar refractivity (Wildman–Crippen MR) is 123 cm³/mol. The van der Waals surface area contributed by atoms with Crippen molar-refractivity contribution in [2.75, 3.05) is 31.2 Å². The van der Waals surface area contributed by atoms with Crippen LogP contribution in [0, 0.1) is 0 Å². The topological polar surface area (TPSA) is 73.0 Å². The van der Waals surface area contributed by atoms with Crippen molar-refractivity contribution in [3.8, 4) is 0 Å². The lowest BCUT2D eigenvalue weighted by Gasteiger charge is -2.43. The van der Waals surface area contributed by atoms with Crippen molar-refractivity contribution < 1.29 is 14.4 Å². The Hall–Kier alpha value is -3.35. The fourth-order valence-electron chi connectivity index (χ4n) is 4.71. The lowest BCUT2D eigenvalue weighted by atomic mass is 9.85. The standard InChI is InChI=1S/C25H30N4O3/c1-19(2)26-22(30)17-28-18-29(21-11-7-4-8-12-21)25(24(28)32)13-15-27(16-14-25)23(31)20-9-5-3-6-10-20/h3-12,19H,13-18H2,1-2H3,(H,26,30). The summed E-state index contributed by atoms with van der Waals surface area (Å²) in [5.74, 6) is -0.201. The highest BCUT2D eigenvalue weighted by Gasteiger charge is 2.54. The first kappa shape index (κ1) is 21.9. The molecule has 4 rings (SSSR count). The summed E-state index contributed by atoms with van der Waals surface area (Å²) in [5.41, 5.74) is 0.871. The molecule has 7 nitrogen and oxygen atoms in total. The predicted octanol–water partition coefficient (Wildman–Crippen LogP) is 2.49. The van der Waals surface area contributed by atoms with Crippen LogP contribution in [0.2, 0.25) is 0 Å². The minimum Gasteiger partial charge on any atom is -0.352 e. The van der Waals surface area contributed by atoms with Crippen molar-refractivity contribution in [3.63, 3.8) is 0 Å². The number of likely N-dealkylation sites (tertiary alicyclic amines) is 1. The van der Waals surface area contributed by atoms with Crippen LogP contribution in [0.15, 0.2) is 60.7 Å². The zero-order chi connectivity index (χ0) is 22.7. The Labute approximate surface area is 189 Å². The summed E-state index contributed by atoms with van der Waals surface area (Å²) >= 11 is 0. The molecule has 2 heterocycles. The number of carbonyl (C=O) groups excluding carboxylic acids is 3. The number of nitrogens with one attached hydrogen (secondary N) is 1. The molecule has 1 spiro atoms. The molecule has 32 heavy (non-hydrogen) atoms. The van der Waals surface area contributed by atoms with Crippen LogP contribution in [0.1, 0.15) is 37.0 Å². The number of amides is 3. The largest absolute Gasteiger partial charge is 0.352 e. The van der Waals surface area contributed by atoms with Crippen LogP contribution in [0.4, 0.5) is 5.69 Å². The molecule has 2 aliphatic heterocycles. The van der Waals surface area contributed by atoms with Crippen molar-refractivity contribution >= 4 is 23.4 Å². The van der Waals surface area contributed by atoms with E-state index in [0.29, 0.717) is 38.2 Å². The Morgan fingerprint density at radius 2 is 1.56 bits per heavy atom. The number of hydrogen-bond donors (Lipinski definition) is 1. The van der Waals surface area contributed by atoms with Gasteiger partial charge in [0.15, 0.2) is 0 Å². The van der Waals surface area contributed by atoms with Crippen LogP contribution < -0.4 is 10.2 Å². The van der Waals surface area contributed by atoms with Crippen LogP contribution in [0.5, 0.6) is 0 Å². The van der Waals surface area contributed by atoms with Crippen LogP contribution in [0.25, 0.3) is 0 Å². The van der Waals surface area contributed by atoms with Crippen LogP contribution >= 0.6 is 0 Å². The van der Waals surface area contributed by atoms with E-state index in [1.54, 1.807) is 4.90 Å². The van der Waals surface area contributed by atoms with E-state index in [-0.39, 0.29) is 30.3 Å². The fourth-order valence-corrected chi connectivity index (χ4v) is 4.71.